The van der Waals surface area contributed by atoms with Gasteiger partial charge in [0.25, 0.3) is 0 Å². The van der Waals surface area contributed by atoms with Crippen LogP contribution in [0.5, 0.6) is 0 Å². The summed E-state index contributed by atoms with van der Waals surface area (Å²) in [6, 6.07) is 11.0. The molecule has 3 nitrogen and oxygen atoms in total. The first-order valence-electron chi connectivity index (χ1n) is 9.84. The highest BCUT2D eigenvalue weighted by molar-refractivity contribution is 5.85. The van der Waals surface area contributed by atoms with Crippen molar-refractivity contribution >= 4 is 12.4 Å². The summed E-state index contributed by atoms with van der Waals surface area (Å²) in [5.74, 6) is 0. The van der Waals surface area contributed by atoms with Gasteiger partial charge in [-0.1, -0.05) is 37.3 Å². The van der Waals surface area contributed by atoms with Crippen LogP contribution in [0, 0.1) is 10.8 Å². The Hall–Kier alpha value is -0.610. The third-order valence-electron chi connectivity index (χ3n) is 6.75. The van der Waals surface area contributed by atoms with Crippen molar-refractivity contribution in [2.24, 2.45) is 10.8 Å². The summed E-state index contributed by atoms with van der Waals surface area (Å²) in [4.78, 5) is 5.44. The van der Waals surface area contributed by atoms with Gasteiger partial charge in [-0.15, -0.1) is 12.4 Å². The zero-order valence-corrected chi connectivity index (χ0v) is 16.5. The molecule has 3 heterocycles. The number of rotatable bonds is 4. The van der Waals surface area contributed by atoms with Gasteiger partial charge in [-0.3, -0.25) is 4.90 Å². The second-order valence-electron chi connectivity index (χ2n) is 8.96. The van der Waals surface area contributed by atoms with Gasteiger partial charge in [0.05, 0.1) is 0 Å². The Morgan fingerprint density at radius 3 is 2.28 bits per heavy atom. The maximum Gasteiger partial charge on any atom is 0.0233 e. The van der Waals surface area contributed by atoms with Crippen molar-refractivity contribution < 1.29 is 0 Å². The fraction of sp³-hybridized carbons (Fsp3) is 0.714. The van der Waals surface area contributed by atoms with Crippen LogP contribution in [-0.2, 0) is 6.54 Å². The molecule has 4 rings (SSSR count). The Labute approximate surface area is 159 Å². The molecule has 140 valence electrons. The first-order valence-corrected chi connectivity index (χ1v) is 9.84. The fourth-order valence-electron chi connectivity index (χ4n) is 5.14. The number of nitrogens with one attached hydrogen (secondary N) is 1. The molecule has 4 heteroatoms. The van der Waals surface area contributed by atoms with Gasteiger partial charge in [0.15, 0.2) is 0 Å². The van der Waals surface area contributed by atoms with Crippen LogP contribution in [-0.4, -0.2) is 55.6 Å². The average Bonchev–Trinajstić information content (AvgIpc) is 3.18. The van der Waals surface area contributed by atoms with E-state index in [4.69, 9.17) is 0 Å². The molecule has 1 N–H and O–H groups in total. The third kappa shape index (κ3) is 4.57. The molecule has 0 aliphatic carbocycles. The lowest BCUT2D eigenvalue weighted by atomic mass is 9.77. The van der Waals surface area contributed by atoms with Crippen molar-refractivity contribution in [3.05, 3.63) is 35.9 Å². The van der Waals surface area contributed by atoms with Crippen molar-refractivity contribution in [3.8, 4) is 0 Å². The molecule has 0 saturated carbocycles. The van der Waals surface area contributed by atoms with E-state index in [0.29, 0.717) is 10.8 Å². The molecule has 1 unspecified atom stereocenters. The molecule has 1 spiro atoms. The second-order valence-corrected chi connectivity index (χ2v) is 8.96. The standard InChI is InChI=1S/C21H33N3.ClH/c1-20(7-11-22-16-20)17-23-12-8-21(9-13-23)10-14-24(18-21)15-19-5-3-2-4-6-19;/h2-6,22H,7-18H2,1H3;1H. The van der Waals surface area contributed by atoms with Gasteiger partial charge in [-0.25, -0.2) is 0 Å². The van der Waals surface area contributed by atoms with Crippen molar-refractivity contribution in [1.29, 1.82) is 0 Å². The minimum absolute atomic E-state index is 0. The Bertz CT molecular complexity index is 533. The molecule has 3 fully saturated rings. The van der Waals surface area contributed by atoms with Crippen molar-refractivity contribution in [3.63, 3.8) is 0 Å². The molecule has 0 aromatic heterocycles. The number of likely N-dealkylation sites (tertiary alicyclic amines) is 2. The molecule has 3 aliphatic rings. The smallest absolute Gasteiger partial charge is 0.0233 e. The minimum Gasteiger partial charge on any atom is -0.316 e. The normalized spacial score (nSPS) is 29.8. The molecule has 1 aromatic carbocycles. The number of benzene rings is 1. The van der Waals surface area contributed by atoms with Gasteiger partial charge in [-0.2, -0.15) is 0 Å². The van der Waals surface area contributed by atoms with Crippen LogP contribution in [0.25, 0.3) is 0 Å². The first-order chi connectivity index (χ1) is 11.6. The monoisotopic (exact) mass is 363 g/mol. The lowest BCUT2D eigenvalue weighted by Gasteiger charge is -2.42. The number of piperidine rings is 1. The van der Waals surface area contributed by atoms with E-state index in [1.165, 1.54) is 77.1 Å². The highest BCUT2D eigenvalue weighted by Crippen LogP contribution is 2.41. The second kappa shape index (κ2) is 7.96. The Balaban J connectivity index is 0.00000182. The Morgan fingerprint density at radius 2 is 1.64 bits per heavy atom. The van der Waals surface area contributed by atoms with Crippen LogP contribution in [0.1, 0.15) is 38.2 Å². The summed E-state index contributed by atoms with van der Waals surface area (Å²) in [6.07, 6.45) is 5.57. The zero-order valence-electron chi connectivity index (χ0n) is 15.7. The molecule has 0 bridgehead atoms. The maximum atomic E-state index is 3.55. The largest absolute Gasteiger partial charge is 0.316 e. The van der Waals surface area contributed by atoms with E-state index in [0.717, 1.165) is 6.54 Å². The predicted octanol–water partition coefficient (Wildman–Crippen LogP) is 3.40. The van der Waals surface area contributed by atoms with E-state index >= 15 is 0 Å². The number of hydrogen-bond acceptors (Lipinski definition) is 3. The molecular formula is C21H34ClN3. The minimum atomic E-state index is 0. The van der Waals surface area contributed by atoms with E-state index < -0.39 is 0 Å². The fourth-order valence-corrected chi connectivity index (χ4v) is 5.14. The zero-order chi connectivity index (χ0) is 16.5. The highest BCUT2D eigenvalue weighted by atomic mass is 35.5. The molecule has 25 heavy (non-hydrogen) atoms. The summed E-state index contributed by atoms with van der Waals surface area (Å²) < 4.78 is 0. The van der Waals surface area contributed by atoms with Gasteiger partial charge < -0.3 is 10.2 Å². The summed E-state index contributed by atoms with van der Waals surface area (Å²) >= 11 is 0. The maximum absolute atomic E-state index is 3.55. The van der Waals surface area contributed by atoms with Crippen LogP contribution < -0.4 is 5.32 Å². The highest BCUT2D eigenvalue weighted by Gasteiger charge is 2.41. The topological polar surface area (TPSA) is 18.5 Å². The molecule has 3 saturated heterocycles. The van der Waals surface area contributed by atoms with Crippen molar-refractivity contribution in [2.75, 3.05) is 45.8 Å². The summed E-state index contributed by atoms with van der Waals surface area (Å²) in [5, 5.41) is 3.55. The molecule has 1 aromatic rings. The first kappa shape index (κ1) is 19.2. The summed E-state index contributed by atoms with van der Waals surface area (Å²) in [6.45, 7) is 12.5. The third-order valence-corrected chi connectivity index (χ3v) is 6.75. The van der Waals surface area contributed by atoms with Crippen LogP contribution in [0.4, 0.5) is 0 Å². The summed E-state index contributed by atoms with van der Waals surface area (Å²) in [5.41, 5.74) is 2.59. The number of nitrogens with zero attached hydrogens (tertiary/aromatic N) is 2. The summed E-state index contributed by atoms with van der Waals surface area (Å²) in [7, 11) is 0. The quantitative estimate of drug-likeness (QED) is 0.884. The van der Waals surface area contributed by atoms with Gasteiger partial charge in [0.2, 0.25) is 0 Å². The van der Waals surface area contributed by atoms with E-state index in [1.54, 1.807) is 0 Å². The number of hydrogen-bond donors (Lipinski definition) is 1. The van der Waals surface area contributed by atoms with E-state index in [2.05, 4.69) is 52.4 Å². The van der Waals surface area contributed by atoms with Crippen LogP contribution in [0.2, 0.25) is 0 Å². The molecule has 0 radical (unpaired) electrons. The molecular weight excluding hydrogens is 330 g/mol. The van der Waals surface area contributed by atoms with Crippen LogP contribution in [0.15, 0.2) is 30.3 Å². The van der Waals surface area contributed by atoms with Crippen LogP contribution >= 0.6 is 12.4 Å². The number of halogens is 1. The van der Waals surface area contributed by atoms with Gasteiger partial charge in [0.1, 0.15) is 0 Å². The Morgan fingerprint density at radius 1 is 0.960 bits per heavy atom. The molecule has 0 amide bonds. The van der Waals surface area contributed by atoms with Gasteiger partial charge >= 0.3 is 0 Å². The van der Waals surface area contributed by atoms with Gasteiger partial charge in [-0.05, 0) is 68.3 Å². The lowest BCUT2D eigenvalue weighted by Crippen LogP contribution is -2.46. The van der Waals surface area contributed by atoms with E-state index in [-0.39, 0.29) is 12.4 Å². The van der Waals surface area contributed by atoms with E-state index in [9.17, 15) is 0 Å². The van der Waals surface area contributed by atoms with E-state index in [1.807, 2.05) is 0 Å². The Kier molecular flexibility index (Phi) is 6.10. The van der Waals surface area contributed by atoms with Crippen molar-refractivity contribution in [1.82, 2.24) is 15.1 Å². The lowest BCUT2D eigenvalue weighted by molar-refractivity contribution is 0.0782. The molecule has 1 atom stereocenters. The van der Waals surface area contributed by atoms with Crippen molar-refractivity contribution in [2.45, 2.75) is 39.2 Å². The van der Waals surface area contributed by atoms with Gasteiger partial charge in [0, 0.05) is 26.2 Å². The predicted molar refractivity (Wildman–Crippen MR) is 107 cm³/mol. The molecule has 3 aliphatic heterocycles. The van der Waals surface area contributed by atoms with Crippen LogP contribution in [0.3, 0.4) is 0 Å². The SMILES string of the molecule is CC1(CN2CCC3(CC2)CCN(Cc2ccccc2)C3)CCNC1.Cl. The average molecular weight is 364 g/mol.